The maximum Gasteiger partial charge on any atom is 0.458 e. The first kappa shape index (κ1) is 30.7. The molecule has 0 spiro atoms. The molecular formula is C34H29F7O2. The van der Waals surface area contributed by atoms with Gasteiger partial charge in [-0.3, -0.25) is 0 Å². The molecule has 2 unspecified atom stereocenters. The van der Waals surface area contributed by atoms with Crippen molar-refractivity contribution in [2.24, 2.45) is 5.92 Å². The third-order valence-electron chi connectivity index (χ3n) is 7.77. The highest BCUT2D eigenvalue weighted by Gasteiger charge is 2.25. The summed E-state index contributed by atoms with van der Waals surface area (Å²) in [5, 5.41) is 0.403. The van der Waals surface area contributed by atoms with Crippen LogP contribution >= 0.6 is 0 Å². The van der Waals surface area contributed by atoms with Crippen molar-refractivity contribution in [1.82, 2.24) is 0 Å². The molecule has 4 aromatic carbocycles. The monoisotopic (exact) mass is 602 g/mol. The Morgan fingerprint density at radius 3 is 2.30 bits per heavy atom. The third kappa shape index (κ3) is 7.07. The van der Waals surface area contributed by atoms with Gasteiger partial charge in [-0.25, -0.2) is 17.6 Å². The van der Waals surface area contributed by atoms with Crippen LogP contribution in [-0.4, -0.2) is 12.8 Å². The van der Waals surface area contributed by atoms with Crippen molar-refractivity contribution in [3.05, 3.63) is 88.5 Å². The number of benzene rings is 4. The average Bonchev–Trinajstić information content (AvgIpc) is 2.96. The van der Waals surface area contributed by atoms with Gasteiger partial charge in [0.25, 0.3) is 0 Å². The van der Waals surface area contributed by atoms with Crippen molar-refractivity contribution in [3.8, 4) is 17.6 Å². The van der Waals surface area contributed by atoms with Crippen molar-refractivity contribution in [1.29, 1.82) is 0 Å². The molecule has 0 saturated carbocycles. The normalized spacial score (nSPS) is 17.2. The molecule has 1 heterocycles. The van der Waals surface area contributed by atoms with E-state index in [4.69, 9.17) is 9.47 Å². The number of hydrogen-bond acceptors (Lipinski definition) is 2. The molecule has 2 atom stereocenters. The summed E-state index contributed by atoms with van der Waals surface area (Å²) in [7, 11) is 0. The smallest absolute Gasteiger partial charge is 0.458 e. The zero-order chi connectivity index (χ0) is 30.7. The Kier molecular flexibility index (Phi) is 9.16. The molecule has 1 fully saturated rings. The molecule has 0 aromatic heterocycles. The van der Waals surface area contributed by atoms with Crippen LogP contribution in [-0.2, 0) is 11.3 Å². The van der Waals surface area contributed by atoms with Gasteiger partial charge in [0.1, 0.15) is 18.2 Å². The molecule has 1 aliphatic rings. The van der Waals surface area contributed by atoms with Crippen LogP contribution in [0.1, 0.15) is 68.2 Å². The maximum atomic E-state index is 15.4. The minimum absolute atomic E-state index is 0.0258. The lowest BCUT2D eigenvalue weighted by atomic mass is 9.90. The molecular weight excluding hydrogens is 573 g/mol. The predicted octanol–water partition coefficient (Wildman–Crippen LogP) is 10.1. The highest BCUT2D eigenvalue weighted by atomic mass is 19.4. The van der Waals surface area contributed by atoms with E-state index in [0.29, 0.717) is 23.5 Å². The second-order valence-electron chi connectivity index (χ2n) is 10.9. The van der Waals surface area contributed by atoms with E-state index in [0.717, 1.165) is 36.8 Å². The van der Waals surface area contributed by atoms with Gasteiger partial charge >= 0.3 is 6.18 Å². The number of halogens is 7. The standard InChI is InChI=1S/C34H29F7O2/c1-2-3-4-5-20-7-11-30(42-18-20)22-8-10-26-24(15-22)17-29(36)33(32(26)38)43-19-21-6-9-25-23(14-21)16-28(35)27(31(25)37)12-13-34(39,40)41/h6,8-10,14-17,20,30H,2-5,7,11,18-19H2,1H3. The summed E-state index contributed by atoms with van der Waals surface area (Å²) in [6.45, 7) is 2.51. The highest BCUT2D eigenvalue weighted by Crippen LogP contribution is 2.37. The summed E-state index contributed by atoms with van der Waals surface area (Å²) >= 11 is 0. The number of rotatable bonds is 8. The fourth-order valence-electron chi connectivity index (χ4n) is 5.51. The summed E-state index contributed by atoms with van der Waals surface area (Å²) in [6.07, 6.45) is 1.57. The average molecular weight is 603 g/mol. The Bertz CT molecular complexity index is 1690. The van der Waals surface area contributed by atoms with Crippen LogP contribution in [0.25, 0.3) is 21.5 Å². The van der Waals surface area contributed by atoms with Gasteiger partial charge in [0.05, 0.1) is 18.3 Å². The molecule has 9 heteroatoms. The molecule has 0 aliphatic carbocycles. The number of hydrogen-bond donors (Lipinski definition) is 0. The van der Waals surface area contributed by atoms with Crippen molar-refractivity contribution >= 4 is 21.5 Å². The number of ether oxygens (including phenoxy) is 2. The fraction of sp³-hybridized carbons (Fsp3) is 0.353. The van der Waals surface area contributed by atoms with E-state index in [-0.39, 0.29) is 28.9 Å². The van der Waals surface area contributed by atoms with Gasteiger partial charge in [0, 0.05) is 16.7 Å². The van der Waals surface area contributed by atoms with Crippen LogP contribution in [0.3, 0.4) is 0 Å². The summed E-state index contributed by atoms with van der Waals surface area (Å²) < 4.78 is 108. The first-order valence-electron chi connectivity index (χ1n) is 14.2. The topological polar surface area (TPSA) is 18.5 Å². The lowest BCUT2D eigenvalue weighted by Gasteiger charge is -2.29. The van der Waals surface area contributed by atoms with Crippen LogP contribution in [0.5, 0.6) is 5.75 Å². The molecule has 0 amide bonds. The molecule has 2 nitrogen and oxygen atoms in total. The number of fused-ring (bicyclic) bond motifs is 2. The van der Waals surface area contributed by atoms with Crippen molar-refractivity contribution < 1.29 is 40.2 Å². The molecule has 4 aromatic rings. The van der Waals surface area contributed by atoms with E-state index in [1.54, 1.807) is 18.2 Å². The van der Waals surface area contributed by atoms with E-state index >= 15 is 8.78 Å². The van der Waals surface area contributed by atoms with Gasteiger partial charge in [-0.05, 0) is 71.3 Å². The lowest BCUT2D eigenvalue weighted by molar-refractivity contribution is -0.0696. The summed E-state index contributed by atoms with van der Waals surface area (Å²) in [5.74, 6) is -2.01. The van der Waals surface area contributed by atoms with E-state index in [9.17, 15) is 22.0 Å². The van der Waals surface area contributed by atoms with E-state index in [1.807, 2.05) is 0 Å². The molecule has 0 N–H and O–H groups in total. The van der Waals surface area contributed by atoms with E-state index in [1.165, 1.54) is 49.4 Å². The SMILES string of the molecule is CCCCCC1CCC(c2ccc3c(F)c(OCc4ccc5c(F)c(C#CC(F)(F)F)c(F)cc5c4)c(F)cc3c2)OC1. The van der Waals surface area contributed by atoms with Crippen LogP contribution < -0.4 is 4.74 Å². The summed E-state index contributed by atoms with van der Waals surface area (Å²) in [5.41, 5.74) is 0.186. The van der Waals surface area contributed by atoms with E-state index < -0.39 is 40.8 Å². The Balaban J connectivity index is 1.31. The Labute approximate surface area is 244 Å². The minimum atomic E-state index is -4.91. The van der Waals surface area contributed by atoms with Gasteiger partial charge in [-0.15, -0.1) is 0 Å². The molecule has 1 aliphatic heterocycles. The third-order valence-corrected chi connectivity index (χ3v) is 7.77. The highest BCUT2D eigenvalue weighted by molar-refractivity contribution is 5.86. The number of unbranched alkanes of at least 4 members (excludes halogenated alkanes) is 2. The summed E-state index contributed by atoms with van der Waals surface area (Å²) in [4.78, 5) is 0. The second-order valence-corrected chi connectivity index (χ2v) is 10.9. The van der Waals surface area contributed by atoms with Crippen LogP contribution in [0.2, 0.25) is 0 Å². The van der Waals surface area contributed by atoms with Gasteiger partial charge in [0.2, 0.25) is 0 Å². The first-order valence-corrected chi connectivity index (χ1v) is 14.2. The van der Waals surface area contributed by atoms with Crippen LogP contribution in [0.15, 0.2) is 48.5 Å². The Hall–Kier alpha value is -3.77. The van der Waals surface area contributed by atoms with Gasteiger partial charge in [-0.1, -0.05) is 56.4 Å². The Morgan fingerprint density at radius 1 is 0.860 bits per heavy atom. The second kappa shape index (κ2) is 12.8. The molecule has 226 valence electrons. The Morgan fingerprint density at radius 2 is 1.58 bits per heavy atom. The van der Waals surface area contributed by atoms with Crippen molar-refractivity contribution in [3.63, 3.8) is 0 Å². The zero-order valence-electron chi connectivity index (χ0n) is 23.4. The van der Waals surface area contributed by atoms with E-state index in [2.05, 4.69) is 6.92 Å². The van der Waals surface area contributed by atoms with Gasteiger partial charge in [0.15, 0.2) is 17.4 Å². The van der Waals surface area contributed by atoms with Crippen LogP contribution in [0.4, 0.5) is 30.7 Å². The zero-order valence-corrected chi connectivity index (χ0v) is 23.4. The molecule has 5 rings (SSSR count). The lowest BCUT2D eigenvalue weighted by Crippen LogP contribution is -2.20. The number of alkyl halides is 3. The minimum Gasteiger partial charge on any atom is -0.483 e. The molecule has 0 radical (unpaired) electrons. The summed E-state index contributed by atoms with van der Waals surface area (Å²) in [6, 6.07) is 11.0. The van der Waals surface area contributed by atoms with Crippen LogP contribution in [0, 0.1) is 41.0 Å². The van der Waals surface area contributed by atoms with Crippen molar-refractivity contribution in [2.75, 3.05) is 6.61 Å². The molecule has 1 saturated heterocycles. The van der Waals surface area contributed by atoms with Gasteiger partial charge < -0.3 is 9.47 Å². The maximum absolute atomic E-state index is 15.4. The fourth-order valence-corrected chi connectivity index (χ4v) is 5.51. The largest absolute Gasteiger partial charge is 0.483 e. The molecule has 0 bridgehead atoms. The quantitative estimate of drug-likeness (QED) is 0.114. The van der Waals surface area contributed by atoms with Crippen molar-refractivity contribution in [2.45, 2.75) is 64.3 Å². The predicted molar refractivity (Wildman–Crippen MR) is 151 cm³/mol. The van der Waals surface area contributed by atoms with Gasteiger partial charge in [-0.2, -0.15) is 13.2 Å². The first-order chi connectivity index (χ1) is 20.5. The molecule has 43 heavy (non-hydrogen) atoms.